The summed E-state index contributed by atoms with van der Waals surface area (Å²) in [6.45, 7) is 2.83. The summed E-state index contributed by atoms with van der Waals surface area (Å²) < 4.78 is 0. The van der Waals surface area contributed by atoms with Crippen molar-refractivity contribution in [1.29, 1.82) is 0 Å². The van der Waals surface area contributed by atoms with E-state index in [4.69, 9.17) is 0 Å². The van der Waals surface area contributed by atoms with Crippen LogP contribution in [0.1, 0.15) is 40.7 Å². The molecule has 1 N–H and O–H groups in total. The molecular weight excluding hydrogens is 388 g/mol. The van der Waals surface area contributed by atoms with E-state index in [1.165, 1.54) is 30.5 Å². The molecule has 0 radical (unpaired) electrons. The third-order valence-electron chi connectivity index (χ3n) is 5.48. The van der Waals surface area contributed by atoms with Crippen molar-refractivity contribution in [3.05, 3.63) is 95.6 Å². The first-order chi connectivity index (χ1) is 14.8. The zero-order chi connectivity index (χ0) is 20.6. The van der Waals surface area contributed by atoms with Crippen molar-refractivity contribution >= 4 is 23.4 Å². The average molecular weight is 417 g/mol. The normalized spacial score (nSPS) is 13.8. The molecule has 1 aliphatic rings. The lowest BCUT2D eigenvalue weighted by molar-refractivity contribution is 0.0948. The first kappa shape index (κ1) is 20.5. The van der Waals surface area contributed by atoms with Crippen molar-refractivity contribution in [2.24, 2.45) is 0 Å². The zero-order valence-electron chi connectivity index (χ0n) is 17.2. The number of nitrogens with one attached hydrogen (secondary N) is 1. The highest BCUT2D eigenvalue weighted by Gasteiger charge is 2.13. The number of hydrogen-bond donors (Lipinski definition) is 1. The minimum Gasteiger partial charge on any atom is -0.372 e. The lowest BCUT2D eigenvalue weighted by Crippen LogP contribution is -2.29. The van der Waals surface area contributed by atoms with E-state index in [-0.39, 0.29) is 5.91 Å². The Bertz CT molecular complexity index is 950. The van der Waals surface area contributed by atoms with E-state index in [1.54, 1.807) is 11.8 Å². The van der Waals surface area contributed by atoms with Crippen LogP contribution in [0.3, 0.4) is 0 Å². The minimum atomic E-state index is -0.0220. The molecule has 1 amide bonds. The molecule has 4 heteroatoms. The highest BCUT2D eigenvalue weighted by molar-refractivity contribution is 7.98. The molecule has 0 saturated carbocycles. The lowest BCUT2D eigenvalue weighted by Gasteiger charge is -2.28. The van der Waals surface area contributed by atoms with E-state index in [1.807, 2.05) is 42.5 Å². The first-order valence-corrected chi connectivity index (χ1v) is 11.7. The topological polar surface area (TPSA) is 32.3 Å². The Morgan fingerprint density at radius 3 is 2.27 bits per heavy atom. The van der Waals surface area contributed by atoms with Crippen LogP contribution in [0.15, 0.2) is 83.8 Å². The molecule has 0 spiro atoms. The second-order valence-corrected chi connectivity index (χ2v) is 8.68. The molecule has 0 unspecified atom stereocenters. The number of thioether (sulfide) groups is 1. The van der Waals surface area contributed by atoms with Gasteiger partial charge in [-0.05, 0) is 54.7 Å². The fourth-order valence-electron chi connectivity index (χ4n) is 3.77. The van der Waals surface area contributed by atoms with Crippen LogP contribution >= 0.6 is 11.8 Å². The van der Waals surface area contributed by atoms with Gasteiger partial charge in [0.05, 0.1) is 5.56 Å². The molecule has 1 heterocycles. The van der Waals surface area contributed by atoms with Crippen molar-refractivity contribution in [3.63, 3.8) is 0 Å². The third kappa shape index (κ3) is 5.45. The van der Waals surface area contributed by atoms with Gasteiger partial charge in [-0.15, -0.1) is 11.8 Å². The molecule has 0 aromatic heterocycles. The minimum absolute atomic E-state index is 0.0220. The Balaban J connectivity index is 1.35. The summed E-state index contributed by atoms with van der Waals surface area (Å²) in [6, 6.07) is 26.8. The van der Waals surface area contributed by atoms with E-state index in [0.29, 0.717) is 6.54 Å². The number of amides is 1. The van der Waals surface area contributed by atoms with Gasteiger partial charge in [-0.25, -0.2) is 0 Å². The predicted molar refractivity (Wildman–Crippen MR) is 126 cm³/mol. The molecule has 1 saturated heterocycles. The van der Waals surface area contributed by atoms with Crippen LogP contribution in [0.25, 0.3) is 0 Å². The Morgan fingerprint density at radius 2 is 1.50 bits per heavy atom. The van der Waals surface area contributed by atoms with Crippen molar-refractivity contribution in [3.8, 4) is 0 Å². The van der Waals surface area contributed by atoms with Gasteiger partial charge in [0, 0.05) is 36.0 Å². The van der Waals surface area contributed by atoms with E-state index in [2.05, 4.69) is 46.6 Å². The van der Waals surface area contributed by atoms with Gasteiger partial charge in [-0.1, -0.05) is 54.6 Å². The van der Waals surface area contributed by atoms with Crippen molar-refractivity contribution in [2.45, 2.75) is 36.5 Å². The second-order valence-electron chi connectivity index (χ2n) is 7.67. The number of hydrogen-bond acceptors (Lipinski definition) is 3. The molecule has 30 heavy (non-hydrogen) atoms. The number of anilines is 1. The van der Waals surface area contributed by atoms with Crippen LogP contribution in [0.2, 0.25) is 0 Å². The maximum absolute atomic E-state index is 12.8. The molecule has 1 aliphatic heterocycles. The summed E-state index contributed by atoms with van der Waals surface area (Å²) in [7, 11) is 0. The summed E-state index contributed by atoms with van der Waals surface area (Å²) >= 11 is 1.70. The summed E-state index contributed by atoms with van der Waals surface area (Å²) in [5.41, 5.74) is 4.40. The van der Waals surface area contributed by atoms with Gasteiger partial charge in [-0.3, -0.25) is 4.79 Å². The van der Waals surface area contributed by atoms with Crippen LogP contribution in [-0.2, 0) is 12.3 Å². The Morgan fingerprint density at radius 1 is 0.800 bits per heavy atom. The molecule has 0 atom stereocenters. The Kier molecular flexibility index (Phi) is 7.09. The summed E-state index contributed by atoms with van der Waals surface area (Å²) in [5.74, 6) is 0.828. The molecule has 4 rings (SSSR count). The SMILES string of the molecule is O=C(NCc1ccc(N2CCCCC2)cc1)c1ccccc1SCc1ccccc1. The van der Waals surface area contributed by atoms with Crippen molar-refractivity contribution in [2.75, 3.05) is 18.0 Å². The maximum atomic E-state index is 12.8. The van der Waals surface area contributed by atoms with Crippen LogP contribution in [0, 0.1) is 0 Å². The van der Waals surface area contributed by atoms with Crippen LogP contribution in [0.5, 0.6) is 0 Å². The standard InChI is InChI=1S/C26H28N2OS/c29-26(24-11-5-6-12-25(24)30-20-22-9-3-1-4-10-22)27-19-21-13-15-23(16-14-21)28-17-7-2-8-18-28/h1,3-6,9-16H,2,7-8,17-20H2,(H,27,29). The summed E-state index contributed by atoms with van der Waals surface area (Å²) in [4.78, 5) is 16.3. The smallest absolute Gasteiger partial charge is 0.252 e. The van der Waals surface area contributed by atoms with Gasteiger partial charge in [0.2, 0.25) is 0 Å². The lowest BCUT2D eigenvalue weighted by atomic mass is 10.1. The highest BCUT2D eigenvalue weighted by Crippen LogP contribution is 2.26. The van der Waals surface area contributed by atoms with E-state index >= 15 is 0 Å². The van der Waals surface area contributed by atoms with Crippen molar-refractivity contribution < 1.29 is 4.79 Å². The van der Waals surface area contributed by atoms with Gasteiger partial charge in [0.15, 0.2) is 0 Å². The van der Waals surface area contributed by atoms with Crippen LogP contribution in [0.4, 0.5) is 5.69 Å². The van der Waals surface area contributed by atoms with E-state index in [9.17, 15) is 4.79 Å². The molecule has 3 aromatic rings. The van der Waals surface area contributed by atoms with Gasteiger partial charge in [-0.2, -0.15) is 0 Å². The van der Waals surface area contributed by atoms with Crippen LogP contribution < -0.4 is 10.2 Å². The molecule has 154 valence electrons. The molecule has 1 fully saturated rings. The largest absolute Gasteiger partial charge is 0.372 e. The van der Waals surface area contributed by atoms with Gasteiger partial charge >= 0.3 is 0 Å². The maximum Gasteiger partial charge on any atom is 0.252 e. The van der Waals surface area contributed by atoms with Gasteiger partial charge < -0.3 is 10.2 Å². The average Bonchev–Trinajstić information content (AvgIpc) is 2.83. The van der Waals surface area contributed by atoms with Crippen LogP contribution in [-0.4, -0.2) is 19.0 Å². The molecule has 0 aliphatic carbocycles. The number of piperidine rings is 1. The fraction of sp³-hybridized carbons (Fsp3) is 0.269. The number of benzene rings is 3. The van der Waals surface area contributed by atoms with Gasteiger partial charge in [0.25, 0.3) is 5.91 Å². The quantitative estimate of drug-likeness (QED) is 0.487. The predicted octanol–water partition coefficient (Wildman–Crippen LogP) is 5.90. The number of rotatable bonds is 7. The number of nitrogens with zero attached hydrogens (tertiary/aromatic N) is 1. The summed E-state index contributed by atoms with van der Waals surface area (Å²) in [5, 5.41) is 3.09. The number of carbonyl (C=O) groups is 1. The Hall–Kier alpha value is -2.72. The van der Waals surface area contributed by atoms with E-state index in [0.717, 1.165) is 34.9 Å². The number of carbonyl (C=O) groups excluding carboxylic acids is 1. The Labute approximate surface area is 183 Å². The van der Waals surface area contributed by atoms with Crippen molar-refractivity contribution in [1.82, 2.24) is 5.32 Å². The zero-order valence-corrected chi connectivity index (χ0v) is 18.0. The van der Waals surface area contributed by atoms with E-state index < -0.39 is 0 Å². The molecule has 3 nitrogen and oxygen atoms in total. The monoisotopic (exact) mass is 416 g/mol. The molecule has 0 bridgehead atoms. The summed E-state index contributed by atoms with van der Waals surface area (Å²) in [6.07, 6.45) is 3.89. The molecule has 3 aromatic carbocycles. The fourth-order valence-corrected chi connectivity index (χ4v) is 4.78. The first-order valence-electron chi connectivity index (χ1n) is 10.7. The second kappa shape index (κ2) is 10.4. The molecular formula is C26H28N2OS. The third-order valence-corrected chi connectivity index (χ3v) is 6.62. The van der Waals surface area contributed by atoms with Gasteiger partial charge in [0.1, 0.15) is 0 Å². The highest BCUT2D eigenvalue weighted by atomic mass is 32.2.